The Hall–Kier alpha value is -1.91. The maximum Gasteiger partial charge on any atom is 0.167 e. The van der Waals surface area contributed by atoms with Crippen molar-refractivity contribution in [3.8, 4) is 0 Å². The molecule has 3 rings (SSSR count). The summed E-state index contributed by atoms with van der Waals surface area (Å²) in [7, 11) is 0. The third kappa shape index (κ3) is 4.43. The maximum absolute atomic E-state index is 13.1. The summed E-state index contributed by atoms with van der Waals surface area (Å²) in [6.45, 7) is 6.02. The summed E-state index contributed by atoms with van der Waals surface area (Å²) >= 11 is 1.70. The van der Waals surface area contributed by atoms with Gasteiger partial charge in [-0.05, 0) is 47.7 Å². The van der Waals surface area contributed by atoms with Gasteiger partial charge in [0.1, 0.15) is 5.82 Å². The molecule has 1 saturated heterocycles. The number of ketones is 1. The van der Waals surface area contributed by atoms with Gasteiger partial charge in [-0.25, -0.2) is 4.39 Å². The minimum Gasteiger partial charge on any atom is -0.294 e. The van der Waals surface area contributed by atoms with Crippen LogP contribution in [0.15, 0.2) is 59.0 Å². The van der Waals surface area contributed by atoms with Gasteiger partial charge in [0.15, 0.2) is 5.78 Å². The highest BCUT2D eigenvalue weighted by Gasteiger charge is 2.37. The van der Waals surface area contributed by atoms with E-state index >= 15 is 0 Å². The van der Waals surface area contributed by atoms with Gasteiger partial charge in [-0.15, -0.1) is 11.8 Å². The molecule has 0 amide bonds. The summed E-state index contributed by atoms with van der Waals surface area (Å²) in [6, 6.07) is 14.8. The van der Waals surface area contributed by atoms with E-state index in [0.717, 1.165) is 16.7 Å². The first-order valence-corrected chi connectivity index (χ1v) is 9.96. The van der Waals surface area contributed by atoms with Gasteiger partial charge in [0.2, 0.25) is 0 Å². The second kappa shape index (κ2) is 7.77. The molecular weight excluding hydrogens is 345 g/mol. The zero-order valence-corrected chi connectivity index (χ0v) is 16.3. The molecule has 0 saturated carbocycles. The van der Waals surface area contributed by atoms with Gasteiger partial charge < -0.3 is 0 Å². The molecule has 26 heavy (non-hydrogen) atoms. The van der Waals surface area contributed by atoms with Crippen molar-refractivity contribution in [2.24, 2.45) is 5.41 Å². The lowest BCUT2D eigenvalue weighted by molar-refractivity contribution is -0.126. The van der Waals surface area contributed by atoms with Crippen LogP contribution in [0.4, 0.5) is 4.39 Å². The summed E-state index contributed by atoms with van der Waals surface area (Å²) in [4.78, 5) is 16.3. The molecule has 0 aliphatic carbocycles. The molecule has 0 aromatic heterocycles. The standard InChI is InChI=1S/C22H24FNOS/c1-22(2)15-24(13-17-4-8-19(23)9-5-17)14-18(21(22)25)12-16-6-10-20(26-3)11-7-16/h4-12H,13-15H2,1-3H3/b18-12+. The Kier molecular flexibility index (Phi) is 5.64. The zero-order chi connectivity index (χ0) is 18.7. The predicted molar refractivity (Wildman–Crippen MR) is 107 cm³/mol. The van der Waals surface area contributed by atoms with E-state index < -0.39 is 5.41 Å². The Morgan fingerprint density at radius 2 is 1.77 bits per heavy atom. The first-order valence-electron chi connectivity index (χ1n) is 8.73. The molecule has 0 spiro atoms. The average Bonchev–Trinajstić information content (AvgIpc) is 2.61. The smallest absolute Gasteiger partial charge is 0.167 e. The summed E-state index contributed by atoms with van der Waals surface area (Å²) in [6.07, 6.45) is 4.05. The molecule has 2 aromatic carbocycles. The lowest BCUT2D eigenvalue weighted by atomic mass is 9.79. The van der Waals surface area contributed by atoms with Gasteiger partial charge in [-0.2, -0.15) is 0 Å². The van der Waals surface area contributed by atoms with E-state index in [1.807, 2.05) is 38.3 Å². The SMILES string of the molecule is CSc1ccc(/C=C2\CN(Cc3ccc(F)cc3)CC(C)(C)C2=O)cc1. The number of Topliss-reactive ketones (excluding diaryl/α,β-unsaturated/α-hetero) is 1. The first-order chi connectivity index (χ1) is 12.4. The van der Waals surface area contributed by atoms with Crippen molar-refractivity contribution in [1.29, 1.82) is 0 Å². The summed E-state index contributed by atoms with van der Waals surface area (Å²) in [5.74, 6) is -0.0148. The van der Waals surface area contributed by atoms with Crippen LogP contribution in [0.25, 0.3) is 6.08 Å². The molecule has 2 nitrogen and oxygen atoms in total. The molecular formula is C22H24FNOS. The Morgan fingerprint density at radius 3 is 2.38 bits per heavy atom. The molecule has 1 heterocycles. The number of nitrogens with zero attached hydrogens (tertiary/aromatic N) is 1. The Labute approximate surface area is 159 Å². The van der Waals surface area contributed by atoms with E-state index in [9.17, 15) is 9.18 Å². The molecule has 136 valence electrons. The third-order valence-electron chi connectivity index (χ3n) is 4.70. The number of thioether (sulfide) groups is 1. The number of hydrogen-bond acceptors (Lipinski definition) is 3. The van der Waals surface area contributed by atoms with E-state index in [4.69, 9.17) is 0 Å². The maximum atomic E-state index is 13.1. The van der Waals surface area contributed by atoms with Gasteiger partial charge in [-0.3, -0.25) is 9.69 Å². The molecule has 0 atom stereocenters. The molecule has 0 bridgehead atoms. The number of halogens is 1. The highest BCUT2D eigenvalue weighted by atomic mass is 32.2. The largest absolute Gasteiger partial charge is 0.294 e. The number of carbonyl (C=O) groups excluding carboxylic acids is 1. The molecule has 4 heteroatoms. The van der Waals surface area contributed by atoms with Crippen LogP contribution in [0.3, 0.4) is 0 Å². The average molecular weight is 370 g/mol. The van der Waals surface area contributed by atoms with Crippen molar-refractivity contribution in [2.45, 2.75) is 25.3 Å². The zero-order valence-electron chi connectivity index (χ0n) is 15.5. The highest BCUT2D eigenvalue weighted by molar-refractivity contribution is 7.98. The van der Waals surface area contributed by atoms with Crippen molar-refractivity contribution in [3.05, 3.63) is 71.0 Å². The van der Waals surface area contributed by atoms with Crippen molar-refractivity contribution in [1.82, 2.24) is 4.90 Å². The Morgan fingerprint density at radius 1 is 1.12 bits per heavy atom. The van der Waals surface area contributed by atoms with Crippen molar-refractivity contribution in [2.75, 3.05) is 19.3 Å². The number of likely N-dealkylation sites (tertiary alicyclic amines) is 1. The van der Waals surface area contributed by atoms with Crippen LogP contribution in [0, 0.1) is 11.2 Å². The van der Waals surface area contributed by atoms with Crippen LogP contribution in [0.2, 0.25) is 0 Å². The fourth-order valence-electron chi connectivity index (χ4n) is 3.41. The third-order valence-corrected chi connectivity index (χ3v) is 5.44. The fraction of sp³-hybridized carbons (Fsp3) is 0.318. The molecule has 1 fully saturated rings. The van der Waals surface area contributed by atoms with Crippen LogP contribution in [0.1, 0.15) is 25.0 Å². The van der Waals surface area contributed by atoms with Gasteiger partial charge >= 0.3 is 0 Å². The first kappa shape index (κ1) is 18.9. The molecule has 2 aromatic rings. The Bertz CT molecular complexity index is 809. The molecule has 1 aliphatic rings. The summed E-state index contributed by atoms with van der Waals surface area (Å²) < 4.78 is 13.1. The van der Waals surface area contributed by atoms with Crippen molar-refractivity contribution in [3.63, 3.8) is 0 Å². The Balaban J connectivity index is 1.82. The number of carbonyl (C=O) groups is 1. The topological polar surface area (TPSA) is 20.3 Å². The second-order valence-corrected chi connectivity index (χ2v) is 8.31. The van der Waals surface area contributed by atoms with Crippen LogP contribution in [0.5, 0.6) is 0 Å². The number of rotatable bonds is 4. The van der Waals surface area contributed by atoms with E-state index in [1.54, 1.807) is 11.8 Å². The van der Waals surface area contributed by atoms with Crippen LogP contribution in [-0.2, 0) is 11.3 Å². The molecule has 1 aliphatic heterocycles. The number of hydrogen-bond donors (Lipinski definition) is 0. The summed E-state index contributed by atoms with van der Waals surface area (Å²) in [5, 5.41) is 0. The number of benzene rings is 2. The lowest BCUT2D eigenvalue weighted by Gasteiger charge is -2.38. The molecule has 0 N–H and O–H groups in total. The van der Waals surface area contributed by atoms with Crippen LogP contribution in [-0.4, -0.2) is 30.0 Å². The normalized spacial score (nSPS) is 19.1. The van der Waals surface area contributed by atoms with E-state index in [-0.39, 0.29) is 11.6 Å². The number of piperidine rings is 1. The minimum absolute atomic E-state index is 0.210. The van der Waals surface area contributed by atoms with Crippen molar-refractivity contribution < 1.29 is 9.18 Å². The highest BCUT2D eigenvalue weighted by Crippen LogP contribution is 2.30. The van der Waals surface area contributed by atoms with Gasteiger partial charge in [0.05, 0.1) is 0 Å². The van der Waals surface area contributed by atoms with E-state index in [0.29, 0.717) is 19.6 Å². The van der Waals surface area contributed by atoms with Gasteiger partial charge in [0.25, 0.3) is 0 Å². The minimum atomic E-state index is -0.427. The summed E-state index contributed by atoms with van der Waals surface area (Å²) in [5.41, 5.74) is 2.51. The fourth-order valence-corrected chi connectivity index (χ4v) is 3.81. The van der Waals surface area contributed by atoms with E-state index in [1.165, 1.54) is 17.0 Å². The van der Waals surface area contributed by atoms with Crippen LogP contribution >= 0.6 is 11.8 Å². The monoisotopic (exact) mass is 369 g/mol. The molecule has 0 radical (unpaired) electrons. The second-order valence-electron chi connectivity index (χ2n) is 7.43. The quantitative estimate of drug-likeness (QED) is 0.556. The van der Waals surface area contributed by atoms with Crippen LogP contribution < -0.4 is 0 Å². The van der Waals surface area contributed by atoms with E-state index in [2.05, 4.69) is 29.2 Å². The lowest BCUT2D eigenvalue weighted by Crippen LogP contribution is -2.47. The van der Waals surface area contributed by atoms with Crippen molar-refractivity contribution >= 4 is 23.6 Å². The molecule has 0 unspecified atom stereocenters. The van der Waals surface area contributed by atoms with Gasteiger partial charge in [-0.1, -0.05) is 38.1 Å². The van der Waals surface area contributed by atoms with Gasteiger partial charge in [0, 0.05) is 35.5 Å². The predicted octanol–water partition coefficient (Wildman–Crippen LogP) is 5.04.